The Labute approximate surface area is 139 Å². The Bertz CT molecular complexity index is 669. The van der Waals surface area contributed by atoms with Crippen molar-refractivity contribution in [3.05, 3.63) is 22.5 Å². The zero-order chi connectivity index (χ0) is 16.1. The van der Waals surface area contributed by atoms with Crippen LogP contribution in [0.1, 0.15) is 31.4 Å². The van der Waals surface area contributed by atoms with E-state index in [1.807, 2.05) is 6.07 Å². The van der Waals surface area contributed by atoms with Gasteiger partial charge in [0, 0.05) is 24.5 Å². The Kier molecular flexibility index (Phi) is 5.81. The summed E-state index contributed by atoms with van der Waals surface area (Å²) in [6.45, 7) is 0. The van der Waals surface area contributed by atoms with Crippen molar-refractivity contribution in [3.63, 3.8) is 0 Å². The summed E-state index contributed by atoms with van der Waals surface area (Å²) in [7, 11) is 6.14. The maximum absolute atomic E-state index is 8.66. The maximum atomic E-state index is 8.66. The number of furan rings is 1. The van der Waals surface area contributed by atoms with Crippen LogP contribution >= 0.6 is 15.9 Å². The zero-order valence-corrected chi connectivity index (χ0v) is 14.8. The standard InChI is InChI=1S/C9H6BrN3O.C7H15N/c1-12-9-8(10)6-2-5(3-11)14-7(6)4-13-9;1-8(2)7-5-3-4-6-7/h2,4H,1H3,(H,12,13);7H,3-6H2,1-2H3. The molecule has 3 rings (SSSR count). The number of nitriles is 1. The minimum Gasteiger partial charge on any atom is -0.444 e. The summed E-state index contributed by atoms with van der Waals surface area (Å²) in [5, 5.41) is 12.4. The number of pyridine rings is 1. The molecular formula is C16H21BrN4O. The van der Waals surface area contributed by atoms with E-state index in [1.165, 1.54) is 25.7 Å². The van der Waals surface area contributed by atoms with Gasteiger partial charge in [-0.05, 0) is 42.9 Å². The molecule has 2 heterocycles. The van der Waals surface area contributed by atoms with Gasteiger partial charge in [0.05, 0.1) is 10.7 Å². The molecule has 1 N–H and O–H groups in total. The molecule has 0 aliphatic heterocycles. The highest BCUT2D eigenvalue weighted by atomic mass is 79.9. The second-order valence-electron chi connectivity index (χ2n) is 5.57. The predicted molar refractivity (Wildman–Crippen MR) is 91.9 cm³/mol. The first-order valence-corrected chi connectivity index (χ1v) is 8.18. The second-order valence-corrected chi connectivity index (χ2v) is 6.37. The number of nitrogens with one attached hydrogen (secondary N) is 1. The van der Waals surface area contributed by atoms with Crippen molar-refractivity contribution in [2.45, 2.75) is 31.7 Å². The Morgan fingerprint density at radius 2 is 2.09 bits per heavy atom. The van der Waals surface area contributed by atoms with Gasteiger partial charge in [-0.15, -0.1) is 0 Å². The highest BCUT2D eigenvalue weighted by Gasteiger charge is 2.15. The average Bonchev–Trinajstić information content (AvgIpc) is 3.18. The fraction of sp³-hybridized carbons (Fsp3) is 0.500. The molecule has 0 bridgehead atoms. The van der Waals surface area contributed by atoms with E-state index >= 15 is 0 Å². The topological polar surface area (TPSA) is 65.1 Å². The fourth-order valence-electron chi connectivity index (χ4n) is 2.63. The lowest BCUT2D eigenvalue weighted by Gasteiger charge is -2.17. The molecule has 22 heavy (non-hydrogen) atoms. The van der Waals surface area contributed by atoms with Crippen molar-refractivity contribution in [1.29, 1.82) is 5.26 Å². The Morgan fingerprint density at radius 3 is 2.59 bits per heavy atom. The predicted octanol–water partition coefficient (Wildman–Crippen LogP) is 3.99. The summed E-state index contributed by atoms with van der Waals surface area (Å²) in [6, 6.07) is 4.53. The summed E-state index contributed by atoms with van der Waals surface area (Å²) in [5.41, 5.74) is 0.604. The van der Waals surface area contributed by atoms with E-state index in [2.05, 4.69) is 45.2 Å². The molecule has 0 atom stereocenters. The second kappa shape index (κ2) is 7.61. The molecule has 6 heteroatoms. The van der Waals surface area contributed by atoms with E-state index in [0.717, 1.165) is 21.7 Å². The molecule has 0 saturated heterocycles. The van der Waals surface area contributed by atoms with Crippen LogP contribution in [-0.4, -0.2) is 37.1 Å². The maximum Gasteiger partial charge on any atom is 0.204 e. The van der Waals surface area contributed by atoms with Crippen LogP contribution in [-0.2, 0) is 0 Å². The van der Waals surface area contributed by atoms with Gasteiger partial charge in [-0.3, -0.25) is 0 Å². The van der Waals surface area contributed by atoms with E-state index in [4.69, 9.17) is 9.68 Å². The van der Waals surface area contributed by atoms with Crippen LogP contribution < -0.4 is 5.32 Å². The molecule has 1 fully saturated rings. The third-order valence-electron chi connectivity index (χ3n) is 3.92. The SMILES string of the molecule is CN(C)C1CCCC1.CNc1ncc2oc(C#N)cc2c1Br. The molecule has 1 aliphatic carbocycles. The summed E-state index contributed by atoms with van der Waals surface area (Å²) in [4.78, 5) is 6.45. The van der Waals surface area contributed by atoms with Crippen molar-refractivity contribution in [2.75, 3.05) is 26.5 Å². The van der Waals surface area contributed by atoms with Crippen LogP contribution in [0.25, 0.3) is 11.0 Å². The first-order valence-electron chi connectivity index (χ1n) is 7.39. The quantitative estimate of drug-likeness (QED) is 0.872. The van der Waals surface area contributed by atoms with E-state index in [-0.39, 0.29) is 5.76 Å². The third kappa shape index (κ3) is 3.79. The zero-order valence-electron chi connectivity index (χ0n) is 13.2. The molecule has 1 saturated carbocycles. The normalized spacial score (nSPS) is 14.7. The van der Waals surface area contributed by atoms with Crippen molar-refractivity contribution >= 4 is 32.7 Å². The van der Waals surface area contributed by atoms with Gasteiger partial charge in [0.2, 0.25) is 5.76 Å². The molecule has 2 aromatic rings. The van der Waals surface area contributed by atoms with Crippen LogP contribution in [0, 0.1) is 11.3 Å². The largest absolute Gasteiger partial charge is 0.444 e. The van der Waals surface area contributed by atoms with Gasteiger partial charge in [-0.2, -0.15) is 5.26 Å². The molecular weight excluding hydrogens is 344 g/mol. The molecule has 1 aliphatic rings. The highest BCUT2D eigenvalue weighted by molar-refractivity contribution is 9.10. The van der Waals surface area contributed by atoms with Crippen LogP contribution in [0.3, 0.4) is 0 Å². The van der Waals surface area contributed by atoms with Crippen molar-refractivity contribution in [1.82, 2.24) is 9.88 Å². The summed E-state index contributed by atoms with van der Waals surface area (Å²) < 4.78 is 6.02. The van der Waals surface area contributed by atoms with Crippen LogP contribution in [0.4, 0.5) is 5.82 Å². The molecule has 5 nitrogen and oxygen atoms in total. The van der Waals surface area contributed by atoms with E-state index in [0.29, 0.717) is 5.58 Å². The van der Waals surface area contributed by atoms with Gasteiger partial charge < -0.3 is 14.6 Å². The van der Waals surface area contributed by atoms with Gasteiger partial charge in [0.15, 0.2) is 5.58 Å². The van der Waals surface area contributed by atoms with Gasteiger partial charge in [0.25, 0.3) is 0 Å². The molecule has 0 radical (unpaired) electrons. The monoisotopic (exact) mass is 364 g/mol. The average molecular weight is 365 g/mol. The summed E-state index contributed by atoms with van der Waals surface area (Å²) in [5.74, 6) is 1.01. The van der Waals surface area contributed by atoms with Crippen molar-refractivity contribution < 1.29 is 4.42 Å². The minimum atomic E-state index is 0.288. The highest BCUT2D eigenvalue weighted by Crippen LogP contribution is 2.31. The van der Waals surface area contributed by atoms with Gasteiger partial charge >= 0.3 is 0 Å². The number of rotatable bonds is 2. The lowest BCUT2D eigenvalue weighted by atomic mass is 10.2. The lowest BCUT2D eigenvalue weighted by Crippen LogP contribution is -2.23. The molecule has 0 amide bonds. The van der Waals surface area contributed by atoms with Gasteiger partial charge in [0.1, 0.15) is 11.9 Å². The van der Waals surface area contributed by atoms with E-state index in [1.54, 1.807) is 19.3 Å². The van der Waals surface area contributed by atoms with Crippen LogP contribution in [0.2, 0.25) is 0 Å². The van der Waals surface area contributed by atoms with E-state index in [9.17, 15) is 0 Å². The smallest absolute Gasteiger partial charge is 0.204 e. The Balaban J connectivity index is 0.000000188. The number of nitrogens with zero attached hydrogens (tertiary/aromatic N) is 3. The van der Waals surface area contributed by atoms with Crippen molar-refractivity contribution in [2.24, 2.45) is 0 Å². The molecule has 2 aromatic heterocycles. The molecule has 0 spiro atoms. The van der Waals surface area contributed by atoms with Crippen LogP contribution in [0.5, 0.6) is 0 Å². The van der Waals surface area contributed by atoms with Gasteiger partial charge in [-0.1, -0.05) is 12.8 Å². The number of fused-ring (bicyclic) bond motifs is 1. The Hall–Kier alpha value is -1.58. The number of aromatic nitrogens is 1. The Morgan fingerprint density at radius 1 is 1.41 bits per heavy atom. The number of halogens is 1. The minimum absolute atomic E-state index is 0.288. The van der Waals surface area contributed by atoms with Crippen molar-refractivity contribution in [3.8, 4) is 6.07 Å². The number of anilines is 1. The van der Waals surface area contributed by atoms with Gasteiger partial charge in [-0.25, -0.2) is 4.98 Å². The number of hydrogen-bond donors (Lipinski definition) is 1. The lowest BCUT2D eigenvalue weighted by molar-refractivity contribution is 0.299. The summed E-state index contributed by atoms with van der Waals surface area (Å²) in [6.07, 6.45) is 7.33. The molecule has 118 valence electrons. The first kappa shape index (κ1) is 16.8. The first-order chi connectivity index (χ1) is 10.6. The fourth-order valence-corrected chi connectivity index (χ4v) is 3.24. The molecule has 0 aromatic carbocycles. The summed E-state index contributed by atoms with van der Waals surface area (Å²) >= 11 is 3.39. The van der Waals surface area contributed by atoms with E-state index < -0.39 is 0 Å². The number of hydrogen-bond acceptors (Lipinski definition) is 5. The third-order valence-corrected chi connectivity index (χ3v) is 4.72. The molecule has 0 unspecified atom stereocenters. The van der Waals surface area contributed by atoms with Crippen LogP contribution in [0.15, 0.2) is 21.2 Å².